The number of hydrogen-bond donors (Lipinski definition) is 5. The predicted octanol–water partition coefficient (Wildman–Crippen LogP) is 3.32. The quantitative estimate of drug-likeness (QED) is 0.314. The molecule has 4 rings (SSSR count). The van der Waals surface area contributed by atoms with E-state index in [1.807, 2.05) is 20.8 Å². The van der Waals surface area contributed by atoms with Crippen molar-refractivity contribution in [2.45, 2.75) is 122 Å². The zero-order chi connectivity index (χ0) is 26.8. The van der Waals surface area contributed by atoms with Crippen molar-refractivity contribution in [3.63, 3.8) is 0 Å². The third-order valence-corrected chi connectivity index (χ3v) is 12.0. The van der Waals surface area contributed by atoms with Crippen molar-refractivity contribution < 1.29 is 37.6 Å². The van der Waals surface area contributed by atoms with Crippen molar-refractivity contribution in [2.75, 3.05) is 0 Å². The minimum Gasteiger partial charge on any atom is -0.393 e. The highest BCUT2D eigenvalue weighted by atomic mass is 32.3. The molecule has 36 heavy (non-hydrogen) atoms. The summed E-state index contributed by atoms with van der Waals surface area (Å²) in [7, 11) is -4.67. The van der Waals surface area contributed by atoms with Crippen LogP contribution in [0.2, 0.25) is 0 Å². The van der Waals surface area contributed by atoms with E-state index >= 15 is 0 Å². The Morgan fingerprint density at radius 1 is 1.03 bits per heavy atom. The monoisotopic (exact) mass is 532 g/mol. The predicted molar refractivity (Wildman–Crippen MR) is 135 cm³/mol. The second-order valence-corrected chi connectivity index (χ2v) is 14.6. The Balaban J connectivity index is 1.67. The van der Waals surface area contributed by atoms with Gasteiger partial charge in [-0.25, -0.2) is 4.18 Å². The molecule has 0 amide bonds. The molecule has 0 spiro atoms. The van der Waals surface area contributed by atoms with Gasteiger partial charge in [0.2, 0.25) is 0 Å². The van der Waals surface area contributed by atoms with Crippen LogP contribution in [0.1, 0.15) is 92.4 Å². The standard InChI is InChI=1S/C27H48O8S/c1-15(2)21(29)7-6-16(3)20-13-22(35-36(32,33)34)24-18-12-23(30)27(31)14-17(28)8-11-26(27,5)19(18)9-10-25(20,24)4/h15-24,28-31H,6-14H2,1-5H3,(H,32,33,34)/t16-,17+,18-,19+,20-,21+,22+,23-,24-,25-,26-,27+/m1/s1. The fraction of sp³-hybridized carbons (Fsp3) is 1.00. The maximum absolute atomic E-state index is 11.9. The second kappa shape index (κ2) is 9.72. The Hall–Kier alpha value is -0.290. The molecule has 4 aliphatic carbocycles. The molecule has 210 valence electrons. The summed E-state index contributed by atoms with van der Waals surface area (Å²) in [5, 5.41) is 43.7. The molecule has 4 fully saturated rings. The maximum atomic E-state index is 11.9. The number of hydrogen-bond acceptors (Lipinski definition) is 7. The van der Waals surface area contributed by atoms with Gasteiger partial charge >= 0.3 is 10.4 Å². The Kier molecular flexibility index (Phi) is 7.75. The first-order valence-corrected chi connectivity index (χ1v) is 15.3. The van der Waals surface area contributed by atoms with Crippen LogP contribution >= 0.6 is 0 Å². The summed E-state index contributed by atoms with van der Waals surface area (Å²) in [4.78, 5) is 0. The average molecular weight is 533 g/mol. The highest BCUT2D eigenvalue weighted by Crippen LogP contribution is 2.69. The summed E-state index contributed by atoms with van der Waals surface area (Å²) in [6, 6.07) is 0. The van der Waals surface area contributed by atoms with Crippen LogP contribution in [-0.4, -0.2) is 63.4 Å². The van der Waals surface area contributed by atoms with Crippen LogP contribution in [-0.2, 0) is 14.6 Å². The zero-order valence-electron chi connectivity index (χ0n) is 22.5. The van der Waals surface area contributed by atoms with E-state index in [9.17, 15) is 33.4 Å². The van der Waals surface area contributed by atoms with Crippen molar-refractivity contribution in [1.29, 1.82) is 0 Å². The van der Waals surface area contributed by atoms with Crippen molar-refractivity contribution >= 4 is 10.4 Å². The van der Waals surface area contributed by atoms with E-state index in [2.05, 4.69) is 13.8 Å². The van der Waals surface area contributed by atoms with Gasteiger partial charge in [-0.1, -0.05) is 34.6 Å². The Labute approximate surface area is 216 Å². The van der Waals surface area contributed by atoms with Crippen LogP contribution in [0.3, 0.4) is 0 Å². The van der Waals surface area contributed by atoms with Gasteiger partial charge in [-0.05, 0) is 92.3 Å². The molecule has 5 N–H and O–H groups in total. The van der Waals surface area contributed by atoms with Crippen molar-refractivity contribution in [2.24, 2.45) is 46.3 Å². The Morgan fingerprint density at radius 3 is 2.31 bits per heavy atom. The van der Waals surface area contributed by atoms with Gasteiger partial charge in [0.15, 0.2) is 0 Å². The number of fused-ring (bicyclic) bond motifs is 5. The van der Waals surface area contributed by atoms with Crippen LogP contribution in [0.25, 0.3) is 0 Å². The fourth-order valence-corrected chi connectivity index (χ4v) is 9.96. The molecule has 0 saturated heterocycles. The lowest BCUT2D eigenvalue weighted by atomic mass is 9.42. The molecule has 9 heteroatoms. The fourth-order valence-electron chi connectivity index (χ4n) is 9.45. The van der Waals surface area contributed by atoms with Gasteiger partial charge in [0.05, 0.1) is 30.0 Å². The molecular weight excluding hydrogens is 484 g/mol. The minimum atomic E-state index is -4.67. The first-order chi connectivity index (χ1) is 16.5. The van der Waals surface area contributed by atoms with E-state index in [1.54, 1.807) is 0 Å². The maximum Gasteiger partial charge on any atom is 0.397 e. The highest BCUT2D eigenvalue weighted by Gasteiger charge is 2.69. The molecule has 0 aromatic heterocycles. The molecular formula is C27H48O8S. The molecule has 0 bridgehead atoms. The molecule has 0 radical (unpaired) electrons. The smallest absolute Gasteiger partial charge is 0.393 e. The molecule has 0 aromatic rings. The summed E-state index contributed by atoms with van der Waals surface area (Å²) < 4.78 is 38.9. The summed E-state index contributed by atoms with van der Waals surface area (Å²) in [6.45, 7) is 10.4. The number of aliphatic hydroxyl groups is 4. The number of rotatable bonds is 7. The summed E-state index contributed by atoms with van der Waals surface area (Å²) in [5.74, 6) is 0.345. The molecule has 4 saturated carbocycles. The summed E-state index contributed by atoms with van der Waals surface area (Å²) in [5.41, 5.74) is -2.22. The lowest BCUT2D eigenvalue weighted by Gasteiger charge is -2.65. The SMILES string of the molecule is CC(C)[C@@H](O)CC[C@@H](C)[C@H]1C[C@H](OS(=O)(=O)O)[C@H]2[C@@H]3C[C@@H](O)[C@@]4(O)C[C@@H](O)CC[C@]4(C)[C@H]3CC[C@@]21C. The van der Waals surface area contributed by atoms with Crippen molar-refractivity contribution in [3.05, 3.63) is 0 Å². The molecule has 0 unspecified atom stereocenters. The molecule has 0 aromatic carbocycles. The zero-order valence-corrected chi connectivity index (χ0v) is 23.3. The normalized spacial score (nSPS) is 48.7. The van der Waals surface area contributed by atoms with Crippen molar-refractivity contribution in [3.8, 4) is 0 Å². The van der Waals surface area contributed by atoms with Gasteiger partial charge in [0, 0.05) is 11.8 Å². The molecule has 0 aliphatic heterocycles. The van der Waals surface area contributed by atoms with Gasteiger partial charge in [-0.3, -0.25) is 4.55 Å². The van der Waals surface area contributed by atoms with Crippen LogP contribution in [0, 0.1) is 46.3 Å². The van der Waals surface area contributed by atoms with Crippen LogP contribution in [0.4, 0.5) is 0 Å². The van der Waals surface area contributed by atoms with Crippen molar-refractivity contribution in [1.82, 2.24) is 0 Å². The van der Waals surface area contributed by atoms with Crippen LogP contribution in [0.5, 0.6) is 0 Å². The van der Waals surface area contributed by atoms with E-state index in [1.165, 1.54) is 0 Å². The third-order valence-electron chi connectivity index (χ3n) is 11.5. The van der Waals surface area contributed by atoms with E-state index in [0.717, 1.165) is 19.3 Å². The van der Waals surface area contributed by atoms with Gasteiger partial charge < -0.3 is 20.4 Å². The first kappa shape index (κ1) is 28.7. The van der Waals surface area contributed by atoms with E-state index in [0.29, 0.717) is 32.1 Å². The van der Waals surface area contributed by atoms with Gasteiger partial charge in [0.1, 0.15) is 0 Å². The second-order valence-electron chi connectivity index (χ2n) is 13.6. The lowest BCUT2D eigenvalue weighted by molar-refractivity contribution is -0.267. The summed E-state index contributed by atoms with van der Waals surface area (Å²) >= 11 is 0. The molecule has 4 aliphatic rings. The lowest BCUT2D eigenvalue weighted by Crippen LogP contribution is -2.69. The van der Waals surface area contributed by atoms with E-state index in [-0.39, 0.29) is 53.4 Å². The third kappa shape index (κ3) is 4.69. The van der Waals surface area contributed by atoms with E-state index < -0.39 is 39.7 Å². The Morgan fingerprint density at radius 2 is 1.69 bits per heavy atom. The highest BCUT2D eigenvalue weighted by molar-refractivity contribution is 7.80. The van der Waals surface area contributed by atoms with Gasteiger partial charge in [0.25, 0.3) is 0 Å². The molecule has 8 nitrogen and oxygen atoms in total. The average Bonchev–Trinajstić information content (AvgIpc) is 3.05. The molecule has 12 atom stereocenters. The largest absolute Gasteiger partial charge is 0.397 e. The van der Waals surface area contributed by atoms with E-state index in [4.69, 9.17) is 4.18 Å². The topological polar surface area (TPSA) is 145 Å². The Bertz CT molecular complexity index is 909. The van der Waals surface area contributed by atoms with Crippen LogP contribution < -0.4 is 0 Å². The van der Waals surface area contributed by atoms with Gasteiger partial charge in [-0.2, -0.15) is 8.42 Å². The number of aliphatic hydroxyl groups excluding tert-OH is 3. The molecule has 0 heterocycles. The minimum absolute atomic E-state index is 0.0563. The summed E-state index contributed by atoms with van der Waals surface area (Å²) in [6.07, 6.45) is 2.59. The van der Waals surface area contributed by atoms with Gasteiger partial charge in [-0.15, -0.1) is 0 Å². The first-order valence-electron chi connectivity index (χ1n) is 14.0. The van der Waals surface area contributed by atoms with Crippen LogP contribution in [0.15, 0.2) is 0 Å².